The third-order valence-electron chi connectivity index (χ3n) is 3.35. The highest BCUT2D eigenvalue weighted by atomic mass is 32.2. The van der Waals surface area contributed by atoms with Gasteiger partial charge in [0.15, 0.2) is 9.84 Å². The Balaban J connectivity index is 2.09. The van der Waals surface area contributed by atoms with Crippen molar-refractivity contribution in [3.8, 4) is 0 Å². The van der Waals surface area contributed by atoms with Crippen molar-refractivity contribution >= 4 is 15.7 Å². The Morgan fingerprint density at radius 1 is 1.53 bits per heavy atom. The van der Waals surface area contributed by atoms with Gasteiger partial charge < -0.3 is 9.88 Å². The molecule has 0 spiro atoms. The van der Waals surface area contributed by atoms with E-state index in [1.807, 2.05) is 18.4 Å². The van der Waals surface area contributed by atoms with E-state index in [-0.39, 0.29) is 23.5 Å². The monoisotopic (exact) mass is 285 g/mol. The second kappa shape index (κ2) is 4.63. The van der Waals surface area contributed by atoms with E-state index in [1.54, 1.807) is 19.4 Å². The van der Waals surface area contributed by atoms with Gasteiger partial charge in [0.25, 0.3) is 5.91 Å². The molecule has 0 saturated carbocycles. The Morgan fingerprint density at radius 2 is 2.21 bits per heavy atom. The topological polar surface area (TPSA) is 81.1 Å². The molecule has 0 aliphatic carbocycles. The van der Waals surface area contributed by atoms with E-state index in [0.717, 1.165) is 0 Å². The molecule has 1 N–H and O–H groups in total. The van der Waals surface area contributed by atoms with Crippen LogP contribution in [-0.4, -0.2) is 40.9 Å². The van der Waals surface area contributed by atoms with E-state index in [9.17, 15) is 13.2 Å². The van der Waals surface area contributed by atoms with Crippen molar-refractivity contribution < 1.29 is 13.2 Å². The second-order valence-corrected chi connectivity index (χ2v) is 7.84. The van der Waals surface area contributed by atoms with Gasteiger partial charge in [-0.2, -0.15) is 0 Å². The van der Waals surface area contributed by atoms with Crippen LogP contribution < -0.4 is 5.32 Å². The molecule has 1 fully saturated rings. The van der Waals surface area contributed by atoms with E-state index in [1.165, 1.54) is 0 Å². The van der Waals surface area contributed by atoms with Crippen LogP contribution >= 0.6 is 0 Å². The first-order valence-corrected chi connectivity index (χ1v) is 8.09. The number of hydrogen-bond acceptors (Lipinski definition) is 4. The highest BCUT2D eigenvalue weighted by Gasteiger charge is 2.39. The molecule has 1 amide bonds. The summed E-state index contributed by atoms with van der Waals surface area (Å²) in [6.07, 6.45) is 3.73. The zero-order valence-corrected chi connectivity index (χ0v) is 12.2. The molecule has 6 nitrogen and oxygen atoms in total. The summed E-state index contributed by atoms with van der Waals surface area (Å²) in [6, 6.07) is 0.233. The van der Waals surface area contributed by atoms with Crippen molar-refractivity contribution in [2.45, 2.75) is 38.8 Å². The van der Waals surface area contributed by atoms with Gasteiger partial charge >= 0.3 is 0 Å². The summed E-state index contributed by atoms with van der Waals surface area (Å²) in [5, 5.41) is 2.79. The number of nitrogens with zero attached hydrogens (tertiary/aromatic N) is 2. The maximum Gasteiger partial charge on any atom is 0.271 e. The first kappa shape index (κ1) is 14.0. The van der Waals surface area contributed by atoms with Gasteiger partial charge in [0.1, 0.15) is 5.69 Å². The van der Waals surface area contributed by atoms with Crippen LogP contribution in [0.15, 0.2) is 12.5 Å². The van der Waals surface area contributed by atoms with Crippen LogP contribution in [-0.2, 0) is 9.84 Å². The zero-order valence-electron chi connectivity index (χ0n) is 11.4. The molecule has 0 radical (unpaired) electrons. The van der Waals surface area contributed by atoms with Gasteiger partial charge in [-0.1, -0.05) is 0 Å². The number of amides is 1. The first-order valence-electron chi connectivity index (χ1n) is 6.27. The van der Waals surface area contributed by atoms with Gasteiger partial charge in [0.05, 0.1) is 23.4 Å². The van der Waals surface area contributed by atoms with E-state index >= 15 is 0 Å². The molecule has 2 heterocycles. The molecule has 1 unspecified atom stereocenters. The molecular formula is C12H19N3O3S. The second-order valence-electron chi connectivity index (χ2n) is 5.66. The minimum atomic E-state index is -3.03. The van der Waals surface area contributed by atoms with Gasteiger partial charge in [-0.05, 0) is 27.2 Å². The number of sulfone groups is 1. The van der Waals surface area contributed by atoms with Gasteiger partial charge in [-0.15, -0.1) is 0 Å². The molecule has 7 heteroatoms. The van der Waals surface area contributed by atoms with Crippen molar-refractivity contribution in [1.82, 2.24) is 14.9 Å². The minimum Gasteiger partial charge on any atom is -0.344 e. The maximum absolute atomic E-state index is 12.1. The number of hydrogen-bond donors (Lipinski definition) is 1. The lowest BCUT2D eigenvalue weighted by Gasteiger charge is -2.23. The number of rotatable bonds is 3. The molecule has 1 aromatic rings. The number of carbonyl (C=O) groups is 1. The zero-order chi connectivity index (χ0) is 14.3. The fourth-order valence-electron chi connectivity index (χ4n) is 2.18. The summed E-state index contributed by atoms with van der Waals surface area (Å²) >= 11 is 0. The van der Waals surface area contributed by atoms with Crippen molar-refractivity contribution in [3.63, 3.8) is 0 Å². The normalized spacial score (nSPS) is 25.7. The molecule has 1 saturated heterocycles. The van der Waals surface area contributed by atoms with E-state index in [2.05, 4.69) is 10.3 Å². The van der Waals surface area contributed by atoms with Crippen LogP contribution in [0.5, 0.6) is 0 Å². The number of carbonyl (C=O) groups excluding carboxylic acids is 1. The van der Waals surface area contributed by atoms with Crippen LogP contribution in [0.2, 0.25) is 0 Å². The molecule has 0 bridgehead atoms. The highest BCUT2D eigenvalue weighted by molar-refractivity contribution is 7.91. The molecule has 1 aliphatic rings. The number of aromatic nitrogens is 2. The van der Waals surface area contributed by atoms with Gasteiger partial charge in [-0.3, -0.25) is 4.79 Å². The molecule has 1 aliphatic heterocycles. The van der Waals surface area contributed by atoms with Gasteiger partial charge in [0, 0.05) is 12.2 Å². The summed E-state index contributed by atoms with van der Waals surface area (Å²) < 4.78 is 24.8. The van der Waals surface area contributed by atoms with Crippen molar-refractivity contribution in [2.75, 3.05) is 11.5 Å². The largest absolute Gasteiger partial charge is 0.344 e. The average molecular weight is 285 g/mol. The summed E-state index contributed by atoms with van der Waals surface area (Å²) in [5.74, 6) is -0.195. The van der Waals surface area contributed by atoms with Crippen LogP contribution in [0.3, 0.4) is 0 Å². The Hall–Kier alpha value is -1.37. The smallest absolute Gasteiger partial charge is 0.271 e. The predicted molar refractivity (Wildman–Crippen MR) is 71.8 cm³/mol. The lowest BCUT2D eigenvalue weighted by atomic mass is 10.0. The third kappa shape index (κ3) is 3.15. The van der Waals surface area contributed by atoms with Crippen LogP contribution in [0, 0.1) is 0 Å². The molecule has 0 aromatic carbocycles. The van der Waals surface area contributed by atoms with Crippen LogP contribution in [0.4, 0.5) is 0 Å². The fraction of sp³-hybridized carbons (Fsp3) is 0.667. The Bertz CT molecular complexity index is 591. The molecule has 106 valence electrons. The maximum atomic E-state index is 12.1. The SMILES string of the molecule is CC(C)n1cnc(C(=O)NC2(C)CCS(=O)(=O)C2)c1. The molecule has 1 atom stereocenters. The summed E-state index contributed by atoms with van der Waals surface area (Å²) in [5.41, 5.74) is -0.364. The van der Waals surface area contributed by atoms with Crippen molar-refractivity contribution in [3.05, 3.63) is 18.2 Å². The quantitative estimate of drug-likeness (QED) is 0.889. The van der Waals surface area contributed by atoms with Crippen molar-refractivity contribution in [2.24, 2.45) is 0 Å². The summed E-state index contributed by atoms with van der Waals surface area (Å²) in [7, 11) is -3.03. The summed E-state index contributed by atoms with van der Waals surface area (Å²) in [6.45, 7) is 5.75. The Kier molecular flexibility index (Phi) is 3.42. The lowest BCUT2D eigenvalue weighted by molar-refractivity contribution is 0.0910. The summed E-state index contributed by atoms with van der Waals surface area (Å²) in [4.78, 5) is 16.1. The number of imidazole rings is 1. The Labute approximate surface area is 113 Å². The van der Waals surface area contributed by atoms with E-state index in [4.69, 9.17) is 0 Å². The highest BCUT2D eigenvalue weighted by Crippen LogP contribution is 2.23. The molecule has 2 rings (SSSR count). The standard InChI is InChI=1S/C12H19N3O3S/c1-9(2)15-6-10(13-8-15)11(16)14-12(3)4-5-19(17,18)7-12/h6,8-9H,4-5,7H2,1-3H3,(H,14,16). The van der Waals surface area contributed by atoms with Crippen molar-refractivity contribution in [1.29, 1.82) is 0 Å². The van der Waals surface area contributed by atoms with E-state index in [0.29, 0.717) is 12.1 Å². The number of nitrogens with one attached hydrogen (secondary N) is 1. The average Bonchev–Trinajstić information content (AvgIpc) is 2.83. The fourth-order valence-corrected chi connectivity index (χ4v) is 4.28. The van der Waals surface area contributed by atoms with Gasteiger partial charge in [0.2, 0.25) is 0 Å². The molecule has 1 aromatic heterocycles. The lowest BCUT2D eigenvalue weighted by Crippen LogP contribution is -2.47. The predicted octanol–water partition coefficient (Wildman–Crippen LogP) is 0.771. The van der Waals surface area contributed by atoms with Gasteiger partial charge in [-0.25, -0.2) is 13.4 Å². The van der Waals surface area contributed by atoms with E-state index < -0.39 is 15.4 Å². The molecule has 19 heavy (non-hydrogen) atoms. The first-order chi connectivity index (χ1) is 8.71. The molecular weight excluding hydrogens is 266 g/mol. The van der Waals surface area contributed by atoms with Crippen LogP contribution in [0.25, 0.3) is 0 Å². The Morgan fingerprint density at radius 3 is 2.68 bits per heavy atom. The third-order valence-corrected chi connectivity index (χ3v) is 5.25. The minimum absolute atomic E-state index is 0.00334. The van der Waals surface area contributed by atoms with Crippen LogP contribution in [0.1, 0.15) is 43.7 Å².